The van der Waals surface area contributed by atoms with Crippen molar-refractivity contribution in [2.24, 2.45) is 0 Å². The van der Waals surface area contributed by atoms with Crippen LogP contribution >= 0.6 is 0 Å². The molecule has 0 spiro atoms. The van der Waals surface area contributed by atoms with Crippen LogP contribution in [0.5, 0.6) is 0 Å². The van der Waals surface area contributed by atoms with E-state index in [1.165, 1.54) is 0 Å². The Kier molecular flexibility index (Phi) is 5.10. The molecule has 2 heterocycles. The van der Waals surface area contributed by atoms with Gasteiger partial charge in [-0.1, -0.05) is 18.1 Å². The summed E-state index contributed by atoms with van der Waals surface area (Å²) in [4.78, 5) is 18.5. The second-order valence-corrected chi connectivity index (χ2v) is 5.94. The Morgan fingerprint density at radius 2 is 2.38 bits per heavy atom. The Bertz CT molecular complexity index is 701. The largest absolute Gasteiger partial charge is 0.391 e. The molecule has 0 radical (unpaired) electrons. The Morgan fingerprint density at radius 1 is 1.50 bits per heavy atom. The molecule has 2 aromatic rings. The van der Waals surface area contributed by atoms with Gasteiger partial charge in [-0.3, -0.25) is 4.79 Å². The van der Waals surface area contributed by atoms with Crippen LogP contribution in [0.1, 0.15) is 41.8 Å². The van der Waals surface area contributed by atoms with Gasteiger partial charge in [-0.15, -0.1) is 0 Å². The smallest absolute Gasteiger partial charge is 0.254 e. The van der Waals surface area contributed by atoms with Crippen molar-refractivity contribution in [2.75, 3.05) is 18.4 Å². The molecule has 128 valence electrons. The zero-order valence-electron chi connectivity index (χ0n) is 13.7. The summed E-state index contributed by atoms with van der Waals surface area (Å²) in [5.74, 6) is 1.14. The molecule has 0 aliphatic carbocycles. The molecule has 1 amide bonds. The summed E-state index contributed by atoms with van der Waals surface area (Å²) in [6.07, 6.45) is 1.90. The molecule has 0 saturated carbocycles. The highest BCUT2D eigenvalue weighted by Gasteiger charge is 2.23. The van der Waals surface area contributed by atoms with E-state index in [9.17, 15) is 9.90 Å². The first kappa shape index (κ1) is 16.4. The molecule has 1 unspecified atom stereocenters. The molecule has 1 fully saturated rings. The van der Waals surface area contributed by atoms with Crippen molar-refractivity contribution in [1.82, 2.24) is 15.0 Å². The maximum atomic E-state index is 12.6. The van der Waals surface area contributed by atoms with Crippen LogP contribution in [0.25, 0.3) is 0 Å². The molecule has 7 nitrogen and oxygen atoms in total. The molecule has 1 aromatic carbocycles. The number of benzene rings is 1. The number of aliphatic hydroxyl groups is 1. The highest BCUT2D eigenvalue weighted by atomic mass is 16.5. The lowest BCUT2D eigenvalue weighted by atomic mass is 10.1. The first-order valence-corrected chi connectivity index (χ1v) is 8.28. The third-order valence-corrected chi connectivity index (χ3v) is 4.06. The first-order chi connectivity index (χ1) is 11.7. The van der Waals surface area contributed by atoms with Crippen LogP contribution in [0.4, 0.5) is 5.69 Å². The van der Waals surface area contributed by atoms with Crippen molar-refractivity contribution in [3.63, 3.8) is 0 Å². The highest BCUT2D eigenvalue weighted by Crippen LogP contribution is 2.17. The lowest BCUT2D eigenvalue weighted by molar-refractivity contribution is 0.0474. The number of aliphatic hydroxyl groups excluding tert-OH is 1. The van der Waals surface area contributed by atoms with E-state index in [1.54, 1.807) is 17.0 Å². The maximum Gasteiger partial charge on any atom is 0.254 e. The summed E-state index contributed by atoms with van der Waals surface area (Å²) < 4.78 is 5.14. The van der Waals surface area contributed by atoms with Crippen LogP contribution < -0.4 is 5.32 Å². The van der Waals surface area contributed by atoms with Crippen LogP contribution in [0.3, 0.4) is 0 Å². The third-order valence-electron chi connectivity index (χ3n) is 4.06. The minimum absolute atomic E-state index is 0.0524. The van der Waals surface area contributed by atoms with Gasteiger partial charge < -0.3 is 19.8 Å². The van der Waals surface area contributed by atoms with E-state index in [4.69, 9.17) is 4.52 Å². The number of hydrogen-bond donors (Lipinski definition) is 2. The van der Waals surface area contributed by atoms with Gasteiger partial charge in [0.05, 0.1) is 12.6 Å². The van der Waals surface area contributed by atoms with Crippen molar-refractivity contribution in [3.05, 3.63) is 41.5 Å². The summed E-state index contributed by atoms with van der Waals surface area (Å²) >= 11 is 0. The Morgan fingerprint density at radius 3 is 3.12 bits per heavy atom. The van der Waals surface area contributed by atoms with Gasteiger partial charge in [0.1, 0.15) is 0 Å². The molecule has 7 heteroatoms. The van der Waals surface area contributed by atoms with E-state index < -0.39 is 6.10 Å². The maximum absolute atomic E-state index is 12.6. The van der Waals surface area contributed by atoms with Gasteiger partial charge in [0.2, 0.25) is 5.89 Å². The van der Waals surface area contributed by atoms with Gasteiger partial charge in [-0.25, -0.2) is 0 Å². The van der Waals surface area contributed by atoms with Crippen LogP contribution in [0.2, 0.25) is 0 Å². The van der Waals surface area contributed by atoms with E-state index in [1.807, 2.05) is 19.1 Å². The number of piperidine rings is 1. The van der Waals surface area contributed by atoms with Crippen molar-refractivity contribution in [3.8, 4) is 0 Å². The number of carbonyl (C=O) groups is 1. The lowest BCUT2D eigenvalue weighted by Crippen LogP contribution is -2.42. The number of likely N-dealkylation sites (tertiary alicyclic amines) is 1. The molecule has 1 saturated heterocycles. The van der Waals surface area contributed by atoms with Crippen molar-refractivity contribution in [2.45, 2.75) is 38.8 Å². The summed E-state index contributed by atoms with van der Waals surface area (Å²) in [7, 11) is 0. The number of nitrogens with zero attached hydrogens (tertiary/aromatic N) is 3. The monoisotopic (exact) mass is 330 g/mol. The van der Waals surface area contributed by atoms with Crippen molar-refractivity contribution < 1.29 is 14.4 Å². The minimum atomic E-state index is -0.422. The normalized spacial score (nSPS) is 17.8. The fraction of sp³-hybridized carbons (Fsp3) is 0.471. The molecule has 2 N–H and O–H groups in total. The molecule has 1 aliphatic rings. The SMILES string of the molecule is CCc1noc(CNc2cccc(C(=O)N3CCCC(O)C3)c2)n1. The van der Waals surface area contributed by atoms with Gasteiger partial charge >= 0.3 is 0 Å². The fourth-order valence-corrected chi connectivity index (χ4v) is 2.77. The van der Waals surface area contributed by atoms with E-state index in [2.05, 4.69) is 15.5 Å². The van der Waals surface area contributed by atoms with Crippen LogP contribution in [-0.4, -0.2) is 45.2 Å². The third kappa shape index (κ3) is 3.91. The van der Waals surface area contributed by atoms with Crippen molar-refractivity contribution >= 4 is 11.6 Å². The van der Waals surface area contributed by atoms with Gasteiger partial charge in [0.25, 0.3) is 5.91 Å². The summed E-state index contributed by atoms with van der Waals surface area (Å²) in [5, 5.41) is 16.8. The van der Waals surface area contributed by atoms with Gasteiger partial charge in [-0.05, 0) is 31.0 Å². The summed E-state index contributed by atoms with van der Waals surface area (Å²) in [5.41, 5.74) is 1.42. The van der Waals surface area contributed by atoms with Gasteiger partial charge in [0, 0.05) is 30.8 Å². The highest BCUT2D eigenvalue weighted by molar-refractivity contribution is 5.95. The first-order valence-electron chi connectivity index (χ1n) is 8.28. The molecule has 24 heavy (non-hydrogen) atoms. The second-order valence-electron chi connectivity index (χ2n) is 5.94. The quantitative estimate of drug-likeness (QED) is 0.869. The summed E-state index contributed by atoms with van der Waals surface area (Å²) in [6, 6.07) is 7.32. The molecule has 0 bridgehead atoms. The van der Waals surface area contributed by atoms with Crippen molar-refractivity contribution in [1.29, 1.82) is 0 Å². The summed E-state index contributed by atoms with van der Waals surface area (Å²) in [6.45, 7) is 3.47. The molecule has 1 atom stereocenters. The van der Waals surface area contributed by atoms with E-state index >= 15 is 0 Å². The molecule has 1 aromatic heterocycles. The Hall–Kier alpha value is -2.41. The van der Waals surface area contributed by atoms with E-state index in [-0.39, 0.29) is 5.91 Å². The zero-order chi connectivity index (χ0) is 16.9. The van der Waals surface area contributed by atoms with Gasteiger partial charge in [-0.2, -0.15) is 4.98 Å². The predicted octanol–water partition coefficient (Wildman–Crippen LogP) is 1.84. The van der Waals surface area contributed by atoms with E-state index in [0.29, 0.717) is 36.9 Å². The topological polar surface area (TPSA) is 91.5 Å². The number of anilines is 1. The van der Waals surface area contributed by atoms with Gasteiger partial charge in [0.15, 0.2) is 5.82 Å². The van der Waals surface area contributed by atoms with E-state index in [0.717, 1.165) is 24.9 Å². The number of β-amino-alcohol motifs (C(OH)–C–C–N with tert-alkyl or cyclic N) is 1. The number of nitrogens with one attached hydrogen (secondary N) is 1. The minimum Gasteiger partial charge on any atom is -0.391 e. The second kappa shape index (κ2) is 7.44. The number of carbonyl (C=O) groups excluding carboxylic acids is 1. The van der Waals surface area contributed by atoms with Crippen LogP contribution in [0.15, 0.2) is 28.8 Å². The molecular weight excluding hydrogens is 308 g/mol. The number of aromatic nitrogens is 2. The predicted molar refractivity (Wildman–Crippen MR) is 88.6 cm³/mol. The number of rotatable bonds is 5. The zero-order valence-corrected chi connectivity index (χ0v) is 13.7. The standard InChI is InChI=1S/C17H22N4O3/c1-2-15-19-16(24-20-15)10-18-13-6-3-5-12(9-13)17(23)21-8-4-7-14(22)11-21/h3,5-6,9,14,18,22H,2,4,7-8,10-11H2,1H3. The molecule has 3 rings (SSSR count). The van der Waals surface area contributed by atoms with Crippen LogP contribution in [0, 0.1) is 0 Å². The molecule has 1 aliphatic heterocycles. The average molecular weight is 330 g/mol. The lowest BCUT2D eigenvalue weighted by Gasteiger charge is -2.30. The fourth-order valence-electron chi connectivity index (χ4n) is 2.77. The number of amides is 1. The number of hydrogen-bond acceptors (Lipinski definition) is 6. The molecular formula is C17H22N4O3. The number of aryl methyl sites for hydroxylation is 1. The Balaban J connectivity index is 1.63. The average Bonchev–Trinajstić information content (AvgIpc) is 3.08. The Labute approximate surface area is 140 Å². The van der Waals surface area contributed by atoms with Crippen LogP contribution in [-0.2, 0) is 13.0 Å².